The lowest BCUT2D eigenvalue weighted by atomic mass is 10.1. The summed E-state index contributed by atoms with van der Waals surface area (Å²) >= 11 is 0. The quantitative estimate of drug-likeness (QED) is 0.873. The Labute approximate surface area is 125 Å². The van der Waals surface area contributed by atoms with E-state index in [4.69, 9.17) is 5.73 Å². The van der Waals surface area contributed by atoms with E-state index in [9.17, 15) is 4.39 Å². The molecule has 0 aromatic heterocycles. The minimum absolute atomic E-state index is 0.204. The molecule has 3 heteroatoms. The van der Waals surface area contributed by atoms with E-state index in [1.54, 1.807) is 12.1 Å². The Bertz CT molecular complexity index is 656. The first-order valence-corrected chi connectivity index (χ1v) is 7.02. The minimum Gasteiger partial charge on any atom is -0.365 e. The lowest BCUT2D eigenvalue weighted by Gasteiger charge is -2.24. The van der Waals surface area contributed by atoms with Crippen LogP contribution in [0.15, 0.2) is 48.5 Å². The third-order valence-corrected chi connectivity index (χ3v) is 3.28. The van der Waals surface area contributed by atoms with Crippen LogP contribution in [0.2, 0.25) is 0 Å². The van der Waals surface area contributed by atoms with Crippen molar-refractivity contribution in [1.29, 1.82) is 0 Å². The lowest BCUT2D eigenvalue weighted by Crippen LogP contribution is -2.23. The normalized spacial score (nSPS) is 9.86. The van der Waals surface area contributed by atoms with E-state index in [1.165, 1.54) is 6.07 Å². The largest absolute Gasteiger partial charge is 0.365 e. The van der Waals surface area contributed by atoms with Gasteiger partial charge in [-0.2, -0.15) is 0 Å². The topological polar surface area (TPSA) is 29.3 Å². The second-order valence-corrected chi connectivity index (χ2v) is 4.63. The number of hydrogen-bond donors (Lipinski definition) is 1. The van der Waals surface area contributed by atoms with Gasteiger partial charge in [0.25, 0.3) is 0 Å². The maximum Gasteiger partial charge on any atom is 0.146 e. The summed E-state index contributed by atoms with van der Waals surface area (Å²) in [6.07, 6.45) is 0. The summed E-state index contributed by atoms with van der Waals surface area (Å²) < 4.78 is 13.9. The van der Waals surface area contributed by atoms with Crippen molar-refractivity contribution in [2.24, 2.45) is 5.73 Å². The predicted molar refractivity (Wildman–Crippen MR) is 85.5 cm³/mol. The van der Waals surface area contributed by atoms with Gasteiger partial charge < -0.3 is 10.6 Å². The van der Waals surface area contributed by atoms with Crippen LogP contribution in [0.4, 0.5) is 10.1 Å². The van der Waals surface area contributed by atoms with Crippen molar-refractivity contribution < 1.29 is 4.39 Å². The Morgan fingerprint density at radius 2 is 1.81 bits per heavy atom. The zero-order chi connectivity index (χ0) is 15.1. The van der Waals surface area contributed by atoms with Crippen LogP contribution < -0.4 is 10.6 Å². The first kappa shape index (κ1) is 15.1. The van der Waals surface area contributed by atoms with Crippen molar-refractivity contribution in [2.75, 3.05) is 18.0 Å². The van der Waals surface area contributed by atoms with E-state index in [1.807, 2.05) is 42.2 Å². The Morgan fingerprint density at radius 1 is 1.10 bits per heavy atom. The molecule has 0 aliphatic carbocycles. The van der Waals surface area contributed by atoms with Crippen molar-refractivity contribution in [3.63, 3.8) is 0 Å². The molecule has 0 unspecified atom stereocenters. The third kappa shape index (κ3) is 3.84. The molecule has 2 aromatic carbocycles. The van der Waals surface area contributed by atoms with Gasteiger partial charge in [-0.1, -0.05) is 42.2 Å². The van der Waals surface area contributed by atoms with Crippen molar-refractivity contribution in [2.45, 2.75) is 13.5 Å². The Morgan fingerprint density at radius 3 is 2.52 bits per heavy atom. The summed E-state index contributed by atoms with van der Waals surface area (Å²) in [4.78, 5) is 2.00. The van der Waals surface area contributed by atoms with Crippen molar-refractivity contribution in [3.05, 3.63) is 65.5 Å². The van der Waals surface area contributed by atoms with Crippen LogP contribution in [0.1, 0.15) is 18.1 Å². The Balaban J connectivity index is 2.29. The fourth-order valence-corrected chi connectivity index (χ4v) is 2.21. The average Bonchev–Trinajstić information content (AvgIpc) is 2.52. The standard InChI is InChI=1S/C18H19FN2/c1-2-21(18-12-6-5-11-17(18)19)14-16-9-4-3-8-15(16)10-7-13-20/h3-6,8-9,11-12H,2,13-14,20H2,1H3. The average molecular weight is 282 g/mol. The van der Waals surface area contributed by atoms with Gasteiger partial charge in [-0.05, 0) is 30.7 Å². The molecule has 0 aliphatic rings. The summed E-state index contributed by atoms with van der Waals surface area (Å²) in [5.41, 5.74) is 8.06. The van der Waals surface area contributed by atoms with Gasteiger partial charge >= 0.3 is 0 Å². The van der Waals surface area contributed by atoms with Gasteiger partial charge in [0.1, 0.15) is 5.82 Å². The molecule has 0 radical (unpaired) electrons. The summed E-state index contributed by atoms with van der Waals surface area (Å²) in [6, 6.07) is 14.7. The van der Waals surface area contributed by atoms with Crippen LogP contribution in [0.5, 0.6) is 0 Å². The van der Waals surface area contributed by atoms with E-state index in [0.29, 0.717) is 18.8 Å². The molecular weight excluding hydrogens is 263 g/mol. The van der Waals surface area contributed by atoms with E-state index in [-0.39, 0.29) is 5.82 Å². The van der Waals surface area contributed by atoms with E-state index in [2.05, 4.69) is 11.8 Å². The minimum atomic E-state index is -0.204. The molecule has 0 aliphatic heterocycles. The zero-order valence-corrected chi connectivity index (χ0v) is 12.1. The van der Waals surface area contributed by atoms with Crippen LogP contribution in [-0.4, -0.2) is 13.1 Å². The number of benzene rings is 2. The van der Waals surface area contributed by atoms with Crippen molar-refractivity contribution in [3.8, 4) is 11.8 Å². The highest BCUT2D eigenvalue weighted by Gasteiger charge is 2.11. The first-order chi connectivity index (χ1) is 10.3. The van der Waals surface area contributed by atoms with E-state index >= 15 is 0 Å². The lowest BCUT2D eigenvalue weighted by molar-refractivity contribution is 0.618. The van der Waals surface area contributed by atoms with E-state index in [0.717, 1.165) is 17.7 Å². The molecule has 0 saturated carbocycles. The molecule has 0 fully saturated rings. The summed E-state index contributed by atoms with van der Waals surface area (Å²) in [5, 5.41) is 0. The number of halogens is 1. The fourth-order valence-electron chi connectivity index (χ4n) is 2.21. The van der Waals surface area contributed by atoms with Gasteiger partial charge in [0.15, 0.2) is 0 Å². The monoisotopic (exact) mass is 282 g/mol. The highest BCUT2D eigenvalue weighted by atomic mass is 19.1. The summed E-state index contributed by atoms with van der Waals surface area (Å²) in [6.45, 7) is 3.69. The molecule has 108 valence electrons. The van der Waals surface area contributed by atoms with Gasteiger partial charge in [0, 0.05) is 18.7 Å². The molecule has 0 heterocycles. The third-order valence-electron chi connectivity index (χ3n) is 3.28. The molecule has 0 spiro atoms. The van der Waals surface area contributed by atoms with Gasteiger partial charge in [0.05, 0.1) is 12.2 Å². The second-order valence-electron chi connectivity index (χ2n) is 4.63. The molecule has 0 amide bonds. The number of nitrogens with zero attached hydrogens (tertiary/aromatic N) is 1. The molecule has 2 rings (SSSR count). The maximum atomic E-state index is 13.9. The summed E-state index contributed by atoms with van der Waals surface area (Å²) in [5.74, 6) is 5.74. The molecule has 2 N–H and O–H groups in total. The van der Waals surface area contributed by atoms with Gasteiger partial charge in [-0.25, -0.2) is 4.39 Å². The highest BCUT2D eigenvalue weighted by molar-refractivity contribution is 5.50. The first-order valence-electron chi connectivity index (χ1n) is 7.02. The number of rotatable bonds is 4. The number of anilines is 1. The fraction of sp³-hybridized carbons (Fsp3) is 0.222. The van der Waals surface area contributed by atoms with Crippen LogP contribution in [0, 0.1) is 17.7 Å². The number of para-hydroxylation sites is 1. The number of nitrogens with two attached hydrogens (primary N) is 1. The molecule has 0 bridgehead atoms. The summed E-state index contributed by atoms with van der Waals surface area (Å²) in [7, 11) is 0. The molecule has 0 atom stereocenters. The molecule has 0 saturated heterocycles. The Kier molecular flexibility index (Phi) is 5.36. The molecule has 2 nitrogen and oxygen atoms in total. The Hall–Kier alpha value is -2.31. The second kappa shape index (κ2) is 7.47. The smallest absolute Gasteiger partial charge is 0.146 e. The molecule has 21 heavy (non-hydrogen) atoms. The van der Waals surface area contributed by atoms with Gasteiger partial charge in [-0.3, -0.25) is 0 Å². The van der Waals surface area contributed by atoms with Crippen LogP contribution in [-0.2, 0) is 6.54 Å². The van der Waals surface area contributed by atoms with Gasteiger partial charge in [-0.15, -0.1) is 0 Å². The highest BCUT2D eigenvalue weighted by Crippen LogP contribution is 2.21. The van der Waals surface area contributed by atoms with Gasteiger partial charge in [0.2, 0.25) is 0 Å². The molecule has 2 aromatic rings. The van der Waals surface area contributed by atoms with Crippen molar-refractivity contribution in [1.82, 2.24) is 0 Å². The van der Waals surface area contributed by atoms with Crippen molar-refractivity contribution >= 4 is 5.69 Å². The zero-order valence-electron chi connectivity index (χ0n) is 12.1. The number of hydrogen-bond acceptors (Lipinski definition) is 2. The van der Waals surface area contributed by atoms with E-state index < -0.39 is 0 Å². The predicted octanol–water partition coefficient (Wildman–Crippen LogP) is 3.16. The van der Waals surface area contributed by atoms with Crippen LogP contribution in [0.3, 0.4) is 0 Å². The maximum absolute atomic E-state index is 13.9. The van der Waals surface area contributed by atoms with Crippen LogP contribution in [0.25, 0.3) is 0 Å². The van der Waals surface area contributed by atoms with Crippen LogP contribution >= 0.6 is 0 Å². The molecular formula is C18H19FN2. The SMILES string of the molecule is CCN(Cc1ccccc1C#CCN)c1ccccc1F.